The predicted octanol–water partition coefficient (Wildman–Crippen LogP) is 3.94. The molecule has 2 aromatic carbocycles. The highest BCUT2D eigenvalue weighted by Gasteiger charge is 2.08. The van der Waals surface area contributed by atoms with Crippen LogP contribution in [-0.2, 0) is 4.74 Å². The quantitative estimate of drug-likeness (QED) is 0.787. The van der Waals surface area contributed by atoms with Gasteiger partial charge in [-0.2, -0.15) is 0 Å². The van der Waals surface area contributed by atoms with Crippen molar-refractivity contribution in [2.45, 2.75) is 13.8 Å². The van der Waals surface area contributed by atoms with Crippen LogP contribution in [0, 0.1) is 6.92 Å². The van der Waals surface area contributed by atoms with E-state index in [0.717, 1.165) is 11.4 Å². The van der Waals surface area contributed by atoms with E-state index in [-0.39, 0.29) is 5.97 Å². The van der Waals surface area contributed by atoms with E-state index in [0.29, 0.717) is 12.2 Å². The second kappa shape index (κ2) is 6.24. The zero-order valence-electron chi connectivity index (χ0n) is 12.1. The largest absolute Gasteiger partial charge is 0.462 e. The molecule has 0 aliphatic carbocycles. The fraction of sp³-hybridized carbons (Fsp3) is 0.235. The molecule has 0 saturated carbocycles. The third kappa shape index (κ3) is 3.18. The standard InChI is InChI=1S/C17H19NO2/c1-4-20-17(19)14-8-10-15(11-9-14)18(3)16-7-5-6-13(2)12-16/h5-12H,4H2,1-3H3. The molecule has 0 spiro atoms. The first-order chi connectivity index (χ1) is 9.61. The molecule has 3 nitrogen and oxygen atoms in total. The van der Waals surface area contributed by atoms with Crippen molar-refractivity contribution in [1.82, 2.24) is 0 Å². The van der Waals surface area contributed by atoms with Gasteiger partial charge in [-0.15, -0.1) is 0 Å². The summed E-state index contributed by atoms with van der Waals surface area (Å²) in [5.41, 5.74) is 3.95. The van der Waals surface area contributed by atoms with Gasteiger partial charge in [0.2, 0.25) is 0 Å². The van der Waals surface area contributed by atoms with Crippen molar-refractivity contribution in [2.24, 2.45) is 0 Å². The number of hydrogen-bond acceptors (Lipinski definition) is 3. The van der Waals surface area contributed by atoms with E-state index in [1.165, 1.54) is 5.56 Å². The Labute approximate surface area is 119 Å². The maximum atomic E-state index is 11.6. The number of esters is 1. The van der Waals surface area contributed by atoms with Crippen LogP contribution in [0.3, 0.4) is 0 Å². The highest BCUT2D eigenvalue weighted by Crippen LogP contribution is 2.24. The lowest BCUT2D eigenvalue weighted by molar-refractivity contribution is 0.0526. The van der Waals surface area contributed by atoms with Crippen molar-refractivity contribution in [2.75, 3.05) is 18.6 Å². The van der Waals surface area contributed by atoms with Gasteiger partial charge in [-0.25, -0.2) is 4.79 Å². The van der Waals surface area contributed by atoms with Crippen LogP contribution < -0.4 is 4.90 Å². The van der Waals surface area contributed by atoms with Crippen molar-refractivity contribution < 1.29 is 9.53 Å². The lowest BCUT2D eigenvalue weighted by atomic mass is 10.1. The summed E-state index contributed by atoms with van der Waals surface area (Å²) >= 11 is 0. The van der Waals surface area contributed by atoms with Crippen molar-refractivity contribution in [3.63, 3.8) is 0 Å². The summed E-state index contributed by atoms with van der Waals surface area (Å²) in [7, 11) is 2.01. The maximum absolute atomic E-state index is 11.6. The van der Waals surface area contributed by atoms with Crippen LogP contribution in [0.25, 0.3) is 0 Å². The van der Waals surface area contributed by atoms with Crippen LogP contribution in [0.4, 0.5) is 11.4 Å². The lowest BCUT2D eigenvalue weighted by Crippen LogP contribution is -2.10. The molecule has 3 heteroatoms. The predicted molar refractivity (Wildman–Crippen MR) is 81.6 cm³/mol. The topological polar surface area (TPSA) is 29.5 Å². The van der Waals surface area contributed by atoms with Crippen molar-refractivity contribution >= 4 is 17.3 Å². The minimum atomic E-state index is -0.280. The Morgan fingerprint density at radius 3 is 2.40 bits per heavy atom. The average Bonchev–Trinajstić information content (AvgIpc) is 2.47. The van der Waals surface area contributed by atoms with E-state index in [9.17, 15) is 4.79 Å². The molecule has 0 heterocycles. The molecule has 2 aromatic rings. The Morgan fingerprint density at radius 1 is 1.10 bits per heavy atom. The Morgan fingerprint density at radius 2 is 1.80 bits per heavy atom. The molecule has 0 saturated heterocycles. The molecular formula is C17H19NO2. The van der Waals surface area contributed by atoms with Gasteiger partial charge in [0.05, 0.1) is 12.2 Å². The minimum absolute atomic E-state index is 0.280. The number of hydrogen-bond donors (Lipinski definition) is 0. The van der Waals surface area contributed by atoms with E-state index in [2.05, 4.69) is 30.0 Å². The highest BCUT2D eigenvalue weighted by atomic mass is 16.5. The molecule has 0 amide bonds. The van der Waals surface area contributed by atoms with Crippen LogP contribution in [0.1, 0.15) is 22.8 Å². The number of carbonyl (C=O) groups excluding carboxylic acids is 1. The molecule has 0 aromatic heterocycles. The monoisotopic (exact) mass is 269 g/mol. The number of nitrogens with zero attached hydrogens (tertiary/aromatic N) is 1. The second-order valence-electron chi connectivity index (χ2n) is 4.67. The summed E-state index contributed by atoms with van der Waals surface area (Å²) in [4.78, 5) is 13.7. The van der Waals surface area contributed by atoms with Crippen molar-refractivity contribution in [3.05, 3.63) is 59.7 Å². The van der Waals surface area contributed by atoms with Gasteiger partial charge >= 0.3 is 5.97 Å². The summed E-state index contributed by atoms with van der Waals surface area (Å²) in [5.74, 6) is -0.280. The fourth-order valence-electron chi connectivity index (χ4n) is 2.02. The van der Waals surface area contributed by atoms with Gasteiger partial charge in [0.15, 0.2) is 0 Å². The second-order valence-corrected chi connectivity index (χ2v) is 4.67. The van der Waals surface area contributed by atoms with Gasteiger partial charge in [0.1, 0.15) is 0 Å². The van der Waals surface area contributed by atoms with E-state index in [1.54, 1.807) is 19.1 Å². The first-order valence-electron chi connectivity index (χ1n) is 6.69. The molecule has 20 heavy (non-hydrogen) atoms. The number of ether oxygens (including phenoxy) is 1. The first-order valence-corrected chi connectivity index (χ1v) is 6.69. The number of aryl methyl sites for hydroxylation is 1. The van der Waals surface area contributed by atoms with Crippen molar-refractivity contribution in [3.8, 4) is 0 Å². The number of rotatable bonds is 4. The van der Waals surface area contributed by atoms with E-state index < -0.39 is 0 Å². The van der Waals surface area contributed by atoms with Crippen LogP contribution in [0.2, 0.25) is 0 Å². The Balaban J connectivity index is 2.19. The number of benzene rings is 2. The molecule has 2 rings (SSSR count). The lowest BCUT2D eigenvalue weighted by Gasteiger charge is -2.20. The van der Waals surface area contributed by atoms with Crippen LogP contribution in [0.5, 0.6) is 0 Å². The van der Waals surface area contributed by atoms with Crippen LogP contribution >= 0.6 is 0 Å². The third-order valence-corrected chi connectivity index (χ3v) is 3.15. The van der Waals surface area contributed by atoms with E-state index >= 15 is 0 Å². The van der Waals surface area contributed by atoms with E-state index in [4.69, 9.17) is 4.74 Å². The molecule has 0 unspecified atom stereocenters. The Bertz CT molecular complexity index is 590. The fourth-order valence-corrected chi connectivity index (χ4v) is 2.02. The normalized spacial score (nSPS) is 10.2. The first kappa shape index (κ1) is 14.1. The summed E-state index contributed by atoms with van der Waals surface area (Å²) in [6.45, 7) is 4.27. The molecule has 0 aliphatic rings. The van der Waals surface area contributed by atoms with Gasteiger partial charge in [-0.3, -0.25) is 0 Å². The van der Waals surface area contributed by atoms with Gasteiger partial charge < -0.3 is 9.64 Å². The van der Waals surface area contributed by atoms with Gasteiger partial charge in [0, 0.05) is 18.4 Å². The summed E-state index contributed by atoms with van der Waals surface area (Å²) < 4.78 is 4.98. The minimum Gasteiger partial charge on any atom is -0.462 e. The molecule has 0 atom stereocenters. The molecule has 0 fully saturated rings. The Hall–Kier alpha value is -2.29. The molecule has 0 bridgehead atoms. The Kier molecular flexibility index (Phi) is 4.41. The van der Waals surface area contributed by atoms with Gasteiger partial charge in [-0.1, -0.05) is 12.1 Å². The zero-order valence-corrected chi connectivity index (χ0v) is 12.1. The zero-order chi connectivity index (χ0) is 14.5. The van der Waals surface area contributed by atoms with Crippen LogP contribution in [-0.4, -0.2) is 19.6 Å². The highest BCUT2D eigenvalue weighted by molar-refractivity contribution is 5.90. The van der Waals surface area contributed by atoms with Crippen LogP contribution in [0.15, 0.2) is 48.5 Å². The molecule has 104 valence electrons. The van der Waals surface area contributed by atoms with Gasteiger partial charge in [-0.05, 0) is 55.8 Å². The van der Waals surface area contributed by atoms with Gasteiger partial charge in [0.25, 0.3) is 0 Å². The summed E-state index contributed by atoms with van der Waals surface area (Å²) in [6, 6.07) is 15.7. The average molecular weight is 269 g/mol. The number of anilines is 2. The van der Waals surface area contributed by atoms with E-state index in [1.807, 2.05) is 25.2 Å². The summed E-state index contributed by atoms with van der Waals surface area (Å²) in [5, 5.41) is 0. The molecule has 0 aliphatic heterocycles. The maximum Gasteiger partial charge on any atom is 0.338 e. The SMILES string of the molecule is CCOC(=O)c1ccc(N(C)c2cccc(C)c2)cc1. The smallest absolute Gasteiger partial charge is 0.338 e. The molecule has 0 N–H and O–H groups in total. The summed E-state index contributed by atoms with van der Waals surface area (Å²) in [6.07, 6.45) is 0. The molecular weight excluding hydrogens is 250 g/mol. The number of carbonyl (C=O) groups is 1. The third-order valence-electron chi connectivity index (χ3n) is 3.15. The van der Waals surface area contributed by atoms with Crippen molar-refractivity contribution in [1.29, 1.82) is 0 Å². The molecule has 0 radical (unpaired) electrons.